The zero-order valence-electron chi connectivity index (χ0n) is 37.2. The Kier molecular flexibility index (Phi) is 13.1. The summed E-state index contributed by atoms with van der Waals surface area (Å²) in [6.07, 6.45) is 10.5. The van der Waals surface area contributed by atoms with E-state index >= 15 is 0 Å². The first-order valence-corrected chi connectivity index (χ1v) is 26.2. The van der Waals surface area contributed by atoms with E-state index in [1.165, 1.54) is 33.6 Å². The number of para-hydroxylation sites is 1. The van der Waals surface area contributed by atoms with Gasteiger partial charge in [0.15, 0.2) is 0 Å². The van der Waals surface area contributed by atoms with Crippen LogP contribution in [0.5, 0.6) is 0 Å². The van der Waals surface area contributed by atoms with E-state index in [4.69, 9.17) is 8.85 Å². The fourth-order valence-electron chi connectivity index (χ4n) is 10.0. The lowest BCUT2D eigenvalue weighted by atomic mass is 9.85. The Bertz CT molecular complexity index is 2050. The Balaban J connectivity index is 1.32. The lowest BCUT2D eigenvalue weighted by molar-refractivity contribution is 0.0761. The summed E-state index contributed by atoms with van der Waals surface area (Å²) >= 11 is 0. The number of hydrogen-bond acceptors (Lipinski definition) is 3. The summed E-state index contributed by atoms with van der Waals surface area (Å²) in [6, 6.07) is 50.4. The van der Waals surface area contributed by atoms with Crippen LogP contribution in [0.4, 0.5) is 5.69 Å². The molecule has 5 aromatic carbocycles. The van der Waals surface area contributed by atoms with E-state index in [-0.39, 0.29) is 10.1 Å². The number of hydrogen-bond donors (Lipinski definition) is 1. The zero-order chi connectivity index (χ0) is 42.3. The van der Waals surface area contributed by atoms with Gasteiger partial charge < -0.3 is 14.2 Å². The smallest absolute Gasteiger partial charge is 0.263 e. The minimum absolute atomic E-state index is 0.140. The van der Waals surface area contributed by atoms with Crippen LogP contribution in [0.2, 0.25) is 10.1 Å². The summed E-state index contributed by atoms with van der Waals surface area (Å²) in [5, 5.41) is 8.43. The summed E-state index contributed by atoms with van der Waals surface area (Å²) < 4.78 is 15.8. The molecule has 2 aliphatic carbocycles. The van der Waals surface area contributed by atoms with Gasteiger partial charge in [0.05, 0.1) is 5.69 Å². The van der Waals surface area contributed by atoms with E-state index in [1.54, 1.807) is 0 Å². The van der Waals surface area contributed by atoms with E-state index in [0.29, 0.717) is 0 Å². The van der Waals surface area contributed by atoms with Crippen molar-refractivity contribution in [3.05, 3.63) is 151 Å². The van der Waals surface area contributed by atoms with Crippen LogP contribution in [0, 0.1) is 23.7 Å². The fraction of sp³-hybridized carbons (Fsp3) is 0.382. The quantitative estimate of drug-likeness (QED) is 0.119. The fourth-order valence-corrected chi connectivity index (χ4v) is 19.6. The van der Waals surface area contributed by atoms with Gasteiger partial charge >= 0.3 is 0 Å². The van der Waals surface area contributed by atoms with Crippen molar-refractivity contribution in [1.29, 1.82) is 0 Å². The lowest BCUT2D eigenvalue weighted by Gasteiger charge is -2.49. The summed E-state index contributed by atoms with van der Waals surface area (Å²) in [6.45, 7) is 14.2. The molecule has 310 valence electrons. The highest BCUT2D eigenvalue weighted by atomic mass is 28.4. The molecule has 0 aromatic heterocycles. The molecule has 3 nitrogen and oxygen atoms in total. The molecule has 5 aromatic rings. The number of nitrogens with one attached hydrogen (secondary N) is 1. The Hall–Kier alpha value is -4.63. The van der Waals surface area contributed by atoms with Gasteiger partial charge in [-0.25, -0.2) is 0 Å². The van der Waals surface area contributed by atoms with Crippen molar-refractivity contribution < 1.29 is 8.85 Å². The van der Waals surface area contributed by atoms with Crippen LogP contribution >= 0.6 is 0 Å². The monoisotopic (exact) mass is 827 g/mol. The average Bonchev–Trinajstić information content (AvgIpc) is 3.27. The molecule has 0 saturated heterocycles. The van der Waals surface area contributed by atoms with Crippen LogP contribution in [0.3, 0.4) is 0 Å². The molecule has 1 N–H and O–H groups in total. The Morgan fingerprint density at radius 1 is 0.433 bits per heavy atom. The van der Waals surface area contributed by atoms with Crippen LogP contribution in [0.15, 0.2) is 140 Å². The average molecular weight is 828 g/mol. The summed E-state index contributed by atoms with van der Waals surface area (Å²) in [7, 11) is -3.71. The molecule has 60 heavy (non-hydrogen) atoms. The van der Waals surface area contributed by atoms with Crippen LogP contribution in [-0.4, -0.2) is 34.9 Å². The molecule has 0 atom stereocenters. The first kappa shape index (κ1) is 43.5. The normalized spacial score (nSPS) is 16.7. The minimum atomic E-state index is -2.85. The molecular formula is C55H65NO2Si2. The molecular weight excluding hydrogens is 763 g/mol. The van der Waals surface area contributed by atoms with Crippen molar-refractivity contribution >= 4 is 43.1 Å². The molecule has 0 heterocycles. The standard InChI is InChI=1S/C55H65NO2Si2/c1-52(2,3)59(47-29-14-8-15-30-47,48-31-16-9-17-32-48)57-54(39-22-12-23-40-54)43-37-45-27-26-28-46(51(45)56-7)38-44-55(41-24-13-25-42-55)58-60(53(4,5)6,49-33-18-10-19-34-49)50-35-20-11-21-36-50/h8-11,14-21,26-36,56H,12-13,22-25,39-42H2,1-7H3. The first-order valence-electron chi connectivity index (χ1n) is 22.4. The molecule has 0 amide bonds. The highest BCUT2D eigenvalue weighted by molar-refractivity contribution is 7.00. The molecule has 5 heteroatoms. The van der Waals surface area contributed by atoms with Gasteiger partial charge in [0.1, 0.15) is 11.2 Å². The van der Waals surface area contributed by atoms with Gasteiger partial charge in [0.25, 0.3) is 16.6 Å². The molecule has 2 fully saturated rings. The van der Waals surface area contributed by atoms with Crippen molar-refractivity contribution in [1.82, 2.24) is 0 Å². The van der Waals surface area contributed by atoms with E-state index < -0.39 is 27.8 Å². The highest BCUT2D eigenvalue weighted by Crippen LogP contribution is 2.45. The second kappa shape index (κ2) is 18.2. The van der Waals surface area contributed by atoms with Gasteiger partial charge in [-0.15, -0.1) is 0 Å². The van der Waals surface area contributed by atoms with Crippen LogP contribution in [-0.2, 0) is 8.85 Å². The van der Waals surface area contributed by atoms with Gasteiger partial charge in [-0.3, -0.25) is 0 Å². The van der Waals surface area contributed by atoms with Crippen molar-refractivity contribution in [3.63, 3.8) is 0 Å². The van der Waals surface area contributed by atoms with E-state index in [1.807, 2.05) is 7.05 Å². The second-order valence-corrected chi connectivity index (χ2v) is 27.6. The lowest BCUT2D eigenvalue weighted by Crippen LogP contribution is -2.69. The zero-order valence-corrected chi connectivity index (χ0v) is 39.2. The third kappa shape index (κ3) is 8.75. The molecule has 2 saturated carbocycles. The third-order valence-corrected chi connectivity index (χ3v) is 23.2. The van der Waals surface area contributed by atoms with Gasteiger partial charge in [0.2, 0.25) is 0 Å². The number of benzene rings is 5. The molecule has 7 rings (SSSR count). The largest absolute Gasteiger partial charge is 0.391 e. The highest BCUT2D eigenvalue weighted by Gasteiger charge is 2.56. The van der Waals surface area contributed by atoms with Crippen LogP contribution in [0.25, 0.3) is 0 Å². The number of rotatable bonds is 9. The van der Waals surface area contributed by atoms with Gasteiger partial charge in [-0.1, -0.05) is 205 Å². The second-order valence-electron chi connectivity index (χ2n) is 19.1. The van der Waals surface area contributed by atoms with E-state index in [0.717, 1.165) is 68.2 Å². The molecule has 0 bridgehead atoms. The Labute approximate surface area is 364 Å². The molecule has 0 aliphatic heterocycles. The predicted octanol–water partition coefficient (Wildman–Crippen LogP) is 11.0. The van der Waals surface area contributed by atoms with Crippen LogP contribution in [0.1, 0.15) is 117 Å². The van der Waals surface area contributed by atoms with Gasteiger partial charge in [-0.05, 0) is 94.3 Å². The van der Waals surface area contributed by atoms with Crippen molar-refractivity contribution in [3.8, 4) is 23.7 Å². The SMILES string of the molecule is CNc1c(C#CC2(O[Si](c3ccccc3)(c3ccccc3)C(C)(C)C)CCCCC2)cccc1C#CC1(O[Si](c2ccccc2)(c2ccccc2)C(C)(C)C)CCCCC1. The maximum Gasteiger partial charge on any atom is 0.263 e. The molecule has 0 unspecified atom stereocenters. The summed E-state index contributed by atoms with van der Waals surface area (Å²) in [5.41, 5.74) is 1.71. The minimum Gasteiger partial charge on any atom is -0.391 e. The molecule has 0 spiro atoms. The Morgan fingerprint density at radius 3 is 1.00 bits per heavy atom. The molecule has 0 radical (unpaired) electrons. The number of anilines is 1. The van der Waals surface area contributed by atoms with E-state index in [2.05, 4.69) is 210 Å². The molecule has 2 aliphatic rings. The predicted molar refractivity (Wildman–Crippen MR) is 259 cm³/mol. The van der Waals surface area contributed by atoms with Crippen molar-refractivity contribution in [2.45, 2.75) is 127 Å². The van der Waals surface area contributed by atoms with Gasteiger partial charge in [-0.2, -0.15) is 0 Å². The summed E-state index contributed by atoms with van der Waals surface area (Å²) in [5.74, 6) is 15.2. The Morgan fingerprint density at radius 2 is 0.733 bits per heavy atom. The van der Waals surface area contributed by atoms with Crippen molar-refractivity contribution in [2.75, 3.05) is 12.4 Å². The van der Waals surface area contributed by atoms with Crippen LogP contribution < -0.4 is 26.1 Å². The van der Waals surface area contributed by atoms with E-state index in [9.17, 15) is 0 Å². The first-order chi connectivity index (χ1) is 28.9. The van der Waals surface area contributed by atoms with Gasteiger partial charge in [0, 0.05) is 18.2 Å². The topological polar surface area (TPSA) is 30.5 Å². The third-order valence-electron chi connectivity index (χ3n) is 13.0. The maximum absolute atomic E-state index is 7.92. The van der Waals surface area contributed by atoms with Crippen molar-refractivity contribution in [2.24, 2.45) is 0 Å². The summed E-state index contributed by atoms with van der Waals surface area (Å²) in [4.78, 5) is 0. The maximum atomic E-state index is 7.92.